The van der Waals surface area contributed by atoms with E-state index in [1.807, 2.05) is 30.3 Å². The number of rotatable bonds is 8. The van der Waals surface area contributed by atoms with Gasteiger partial charge >= 0.3 is 6.09 Å². The van der Waals surface area contributed by atoms with E-state index in [0.29, 0.717) is 31.2 Å². The number of carbonyl (C=O) groups is 2. The zero-order valence-electron chi connectivity index (χ0n) is 20.4. The fourth-order valence-corrected chi connectivity index (χ4v) is 5.73. The van der Waals surface area contributed by atoms with Crippen molar-refractivity contribution < 1.29 is 22.7 Å². The number of halogens is 1. The fourth-order valence-electron chi connectivity index (χ4n) is 3.92. The van der Waals surface area contributed by atoms with Gasteiger partial charge in [0.05, 0.1) is 4.90 Å². The first-order valence-electron chi connectivity index (χ1n) is 11.8. The second-order valence-corrected chi connectivity index (χ2v) is 12.1. The molecule has 1 amide bonds. The van der Waals surface area contributed by atoms with E-state index in [9.17, 15) is 18.0 Å². The highest BCUT2D eigenvalue weighted by molar-refractivity contribution is 7.89. The Morgan fingerprint density at radius 3 is 2.34 bits per heavy atom. The van der Waals surface area contributed by atoms with Crippen LogP contribution < -0.4 is 5.32 Å². The molecule has 0 atom stereocenters. The van der Waals surface area contributed by atoms with E-state index in [1.54, 1.807) is 26.8 Å². The van der Waals surface area contributed by atoms with Gasteiger partial charge in [0.1, 0.15) is 11.4 Å². The summed E-state index contributed by atoms with van der Waals surface area (Å²) in [4.78, 5) is 24.5. The Bertz CT molecular complexity index is 1140. The maximum absolute atomic E-state index is 13.1. The van der Waals surface area contributed by atoms with Crippen LogP contribution >= 0.6 is 11.6 Å². The quantitative estimate of drug-likeness (QED) is 0.541. The number of alkyl carbamates (subject to hydrolysis) is 1. The lowest BCUT2D eigenvalue weighted by Crippen LogP contribution is -2.47. The van der Waals surface area contributed by atoms with Gasteiger partial charge in [0.25, 0.3) is 0 Å². The zero-order valence-corrected chi connectivity index (χ0v) is 22.0. The van der Waals surface area contributed by atoms with Crippen LogP contribution in [0.4, 0.5) is 4.79 Å². The van der Waals surface area contributed by atoms with Crippen LogP contribution in [0.1, 0.15) is 51.2 Å². The van der Waals surface area contributed by atoms with Crippen molar-refractivity contribution in [1.29, 1.82) is 0 Å². The Kier molecular flexibility index (Phi) is 8.96. The summed E-state index contributed by atoms with van der Waals surface area (Å²) in [5.41, 5.74) is 1.12. The number of nitrogens with one attached hydrogen (secondary N) is 1. The SMILES string of the molecule is CC(C)(C)OC(=O)NC1CCN(S(=O)(=O)c2ccc(CC(=O)CCc3ccccc3)c(Cl)c2)CC1. The Morgan fingerprint density at radius 2 is 1.74 bits per heavy atom. The van der Waals surface area contributed by atoms with Crippen molar-refractivity contribution in [3.8, 4) is 0 Å². The Hall–Kier alpha value is -2.42. The standard InChI is InChI=1S/C26H33ClN2O5S/c1-26(2,3)34-25(31)28-21-13-15-29(16-14-21)35(32,33)23-12-10-20(24(27)18-23)17-22(30)11-9-19-7-5-4-6-8-19/h4-8,10,12,18,21H,9,11,13-17H2,1-3H3,(H,28,31). The van der Waals surface area contributed by atoms with Crippen molar-refractivity contribution in [1.82, 2.24) is 9.62 Å². The maximum Gasteiger partial charge on any atom is 0.407 e. The van der Waals surface area contributed by atoms with Gasteiger partial charge in [-0.05, 0) is 63.3 Å². The smallest absolute Gasteiger partial charge is 0.407 e. The van der Waals surface area contributed by atoms with Gasteiger partial charge in [-0.1, -0.05) is 48.0 Å². The van der Waals surface area contributed by atoms with Crippen LogP contribution in [-0.2, 0) is 32.4 Å². The molecule has 190 valence electrons. The third kappa shape index (κ3) is 8.05. The molecule has 2 aromatic rings. The monoisotopic (exact) mass is 520 g/mol. The van der Waals surface area contributed by atoms with Crippen molar-refractivity contribution in [3.63, 3.8) is 0 Å². The lowest BCUT2D eigenvalue weighted by molar-refractivity contribution is -0.118. The fraction of sp³-hybridized carbons (Fsp3) is 0.462. The molecule has 2 aromatic carbocycles. The molecule has 0 saturated carbocycles. The van der Waals surface area contributed by atoms with Gasteiger partial charge in [0.15, 0.2) is 0 Å². The lowest BCUT2D eigenvalue weighted by atomic mass is 10.0. The number of Topliss-reactive ketones (excluding diaryl/α,β-unsaturated/α-hetero) is 1. The van der Waals surface area contributed by atoms with Gasteiger partial charge in [-0.2, -0.15) is 4.31 Å². The molecule has 0 unspecified atom stereocenters. The number of carbonyl (C=O) groups excluding carboxylic acids is 2. The predicted molar refractivity (Wildman–Crippen MR) is 136 cm³/mol. The van der Waals surface area contributed by atoms with Crippen molar-refractivity contribution in [2.75, 3.05) is 13.1 Å². The highest BCUT2D eigenvalue weighted by Crippen LogP contribution is 2.26. The number of ether oxygens (including phenoxy) is 1. The Labute approximate surface area is 212 Å². The molecular formula is C26H33ClN2O5S. The maximum atomic E-state index is 13.1. The molecule has 9 heteroatoms. The predicted octanol–water partition coefficient (Wildman–Crippen LogP) is 4.76. The van der Waals surface area contributed by atoms with E-state index in [-0.39, 0.29) is 41.3 Å². The van der Waals surface area contributed by atoms with Crippen molar-refractivity contribution >= 4 is 33.5 Å². The third-order valence-electron chi connectivity index (χ3n) is 5.76. The van der Waals surface area contributed by atoms with Crippen LogP contribution in [0.3, 0.4) is 0 Å². The van der Waals surface area contributed by atoms with Crippen LogP contribution in [0.15, 0.2) is 53.4 Å². The first-order chi connectivity index (χ1) is 16.4. The largest absolute Gasteiger partial charge is 0.444 e. The van der Waals surface area contributed by atoms with E-state index in [2.05, 4.69) is 5.32 Å². The summed E-state index contributed by atoms with van der Waals surface area (Å²) in [7, 11) is -3.74. The summed E-state index contributed by atoms with van der Waals surface area (Å²) < 4.78 is 32.9. The van der Waals surface area contributed by atoms with Crippen molar-refractivity contribution in [2.24, 2.45) is 0 Å². The summed E-state index contributed by atoms with van der Waals surface area (Å²) in [6.45, 7) is 5.93. The van der Waals surface area contributed by atoms with E-state index >= 15 is 0 Å². The summed E-state index contributed by atoms with van der Waals surface area (Å²) in [5.74, 6) is 0.0471. The molecular weight excluding hydrogens is 488 g/mol. The van der Waals surface area contributed by atoms with Crippen LogP contribution in [0.5, 0.6) is 0 Å². The number of hydrogen-bond donors (Lipinski definition) is 1. The molecule has 0 aliphatic carbocycles. The zero-order chi connectivity index (χ0) is 25.6. The minimum absolute atomic E-state index is 0.0471. The third-order valence-corrected chi connectivity index (χ3v) is 8.01. The molecule has 3 rings (SSSR count). The normalized spacial score (nSPS) is 15.5. The topological polar surface area (TPSA) is 92.8 Å². The summed E-state index contributed by atoms with van der Waals surface area (Å²) in [6, 6.07) is 14.2. The summed E-state index contributed by atoms with van der Waals surface area (Å²) in [5, 5.41) is 3.07. The van der Waals surface area contributed by atoms with Crippen molar-refractivity contribution in [2.45, 2.75) is 69.4 Å². The van der Waals surface area contributed by atoms with Gasteiger partial charge in [-0.3, -0.25) is 4.79 Å². The lowest BCUT2D eigenvalue weighted by Gasteiger charge is -2.32. The van der Waals surface area contributed by atoms with Crippen molar-refractivity contribution in [3.05, 3.63) is 64.7 Å². The average molecular weight is 521 g/mol. The van der Waals surface area contributed by atoms with E-state index in [1.165, 1.54) is 16.4 Å². The molecule has 1 aliphatic heterocycles. The summed E-state index contributed by atoms with van der Waals surface area (Å²) in [6.07, 6.45) is 1.68. The Morgan fingerprint density at radius 1 is 1.09 bits per heavy atom. The molecule has 0 aromatic heterocycles. The van der Waals surface area contributed by atoms with Gasteiger partial charge in [-0.15, -0.1) is 0 Å². The van der Waals surface area contributed by atoms with Gasteiger partial charge < -0.3 is 10.1 Å². The first kappa shape index (κ1) is 27.2. The second kappa shape index (κ2) is 11.5. The molecule has 1 saturated heterocycles. The number of sulfonamides is 1. The van der Waals surface area contributed by atoms with Crippen LogP contribution in [0, 0.1) is 0 Å². The number of ketones is 1. The molecule has 0 radical (unpaired) electrons. The molecule has 0 bridgehead atoms. The highest BCUT2D eigenvalue weighted by Gasteiger charge is 2.31. The minimum Gasteiger partial charge on any atom is -0.444 e. The van der Waals surface area contributed by atoms with Crippen LogP contribution in [0.2, 0.25) is 5.02 Å². The molecule has 1 aliphatic rings. The molecule has 1 N–H and O–H groups in total. The van der Waals surface area contributed by atoms with Crippen LogP contribution in [0.25, 0.3) is 0 Å². The van der Waals surface area contributed by atoms with E-state index in [4.69, 9.17) is 16.3 Å². The average Bonchev–Trinajstić information content (AvgIpc) is 2.79. The second-order valence-electron chi connectivity index (χ2n) is 9.78. The molecule has 35 heavy (non-hydrogen) atoms. The number of aryl methyl sites for hydroxylation is 1. The van der Waals surface area contributed by atoms with E-state index in [0.717, 1.165) is 5.56 Å². The Balaban J connectivity index is 1.55. The number of amides is 1. The van der Waals surface area contributed by atoms with Gasteiger partial charge in [0.2, 0.25) is 10.0 Å². The first-order valence-corrected chi connectivity index (χ1v) is 13.6. The number of piperidine rings is 1. The van der Waals surface area contributed by atoms with E-state index < -0.39 is 21.7 Å². The molecule has 1 heterocycles. The van der Waals surface area contributed by atoms with Gasteiger partial charge in [0, 0.05) is 37.0 Å². The highest BCUT2D eigenvalue weighted by atomic mass is 35.5. The molecule has 1 fully saturated rings. The molecule has 0 spiro atoms. The minimum atomic E-state index is -3.74. The van der Waals surface area contributed by atoms with Gasteiger partial charge in [-0.25, -0.2) is 13.2 Å². The number of benzene rings is 2. The number of nitrogens with zero attached hydrogens (tertiary/aromatic N) is 1. The van der Waals surface area contributed by atoms with Crippen LogP contribution in [-0.4, -0.2) is 49.3 Å². The summed E-state index contributed by atoms with van der Waals surface area (Å²) >= 11 is 6.37. The number of hydrogen-bond acceptors (Lipinski definition) is 5. The molecule has 7 nitrogen and oxygen atoms in total.